The smallest absolute Gasteiger partial charge is 0.414 e. The fraction of sp³-hybridized carbons (Fsp3) is 0.364. The first-order chi connectivity index (χ1) is 16.7. The van der Waals surface area contributed by atoms with Crippen molar-refractivity contribution in [3.8, 4) is 5.75 Å². The van der Waals surface area contributed by atoms with E-state index in [1.54, 1.807) is 0 Å². The number of halogens is 2. The van der Waals surface area contributed by atoms with E-state index in [0.29, 0.717) is 0 Å². The summed E-state index contributed by atoms with van der Waals surface area (Å²) in [6, 6.07) is 7.86. The number of carbonyl (C=O) groups excluding carboxylic acids is 2. The monoisotopic (exact) mass is 945 g/mol. The van der Waals surface area contributed by atoms with E-state index in [1.807, 2.05) is 0 Å². The van der Waals surface area contributed by atoms with Gasteiger partial charge in [0.2, 0.25) is 0 Å². The maximum atomic E-state index is 14.4. The van der Waals surface area contributed by atoms with Crippen LogP contribution in [0, 0.1) is 99.8 Å². The number of nitrogens with zero attached hydrogens (tertiary/aromatic N) is 2. The Hall–Kier alpha value is -0.797. The molecule has 2 aromatic carbocycles. The third-order valence-electron chi connectivity index (χ3n) is 5.36. The van der Waals surface area contributed by atoms with Crippen LogP contribution in [-0.4, -0.2) is 68.5 Å². The number of hydrogen-bond acceptors (Lipinski definition) is 7. The number of anilines is 3. The molecule has 4 rings (SSSR count). The molecule has 15 heteroatoms. The van der Waals surface area contributed by atoms with E-state index in [0.717, 1.165) is 17.0 Å². The molecule has 2 radical (unpaired) electrons. The molecule has 2 saturated heterocycles. The molecule has 0 aliphatic carbocycles. The number of aliphatic hydroxyl groups excluding tert-OH is 1. The van der Waals surface area contributed by atoms with Crippen LogP contribution < -0.4 is 19.9 Å². The van der Waals surface area contributed by atoms with E-state index in [-0.39, 0.29) is 144 Å². The Morgan fingerprint density at radius 2 is 1.65 bits per heavy atom. The Morgan fingerprint density at radius 1 is 1.03 bits per heavy atom. The maximum Gasteiger partial charge on any atom is 0.414 e. The Bertz CT molecular complexity index is 1120. The molecule has 37 heavy (non-hydrogen) atoms. The quantitative estimate of drug-likeness (QED) is 0.391. The molecule has 0 spiro atoms. The average molecular weight is 945 g/mol. The summed E-state index contributed by atoms with van der Waals surface area (Å²) in [5, 5.41) is 12.9. The molecule has 2 aliphatic heterocycles. The molecule has 2 aliphatic rings. The summed E-state index contributed by atoms with van der Waals surface area (Å²) >= 11 is 0. The van der Waals surface area contributed by atoms with Gasteiger partial charge in [0.1, 0.15) is 24.6 Å². The SMILES string of the molecule is [Ac].[Ac].[NH-]C[C@H]1CN(c2ccc(OC[C@H](O)CNc3ccc(N4C[C@@H]([NH-])OC4=O)cc3F)c(F)c2)C(=O)O1. The second-order valence-electron chi connectivity index (χ2n) is 7.93. The average Bonchev–Trinajstić information content (AvgIpc) is 3.37. The third kappa shape index (κ3) is 8.10. The Kier molecular flexibility index (Phi) is 12.7. The fourth-order valence-corrected chi connectivity index (χ4v) is 3.58. The molecule has 194 valence electrons. The Labute approximate surface area is 283 Å². The van der Waals surface area contributed by atoms with Crippen molar-refractivity contribution < 1.29 is 126 Å². The molecule has 0 aromatic heterocycles. The number of aliphatic hydroxyl groups is 1. The van der Waals surface area contributed by atoms with Gasteiger partial charge in [0.15, 0.2) is 11.6 Å². The van der Waals surface area contributed by atoms with Crippen LogP contribution in [0.5, 0.6) is 5.75 Å². The summed E-state index contributed by atoms with van der Waals surface area (Å²) in [6.45, 7) is -0.348. The first-order valence-corrected chi connectivity index (χ1v) is 10.7. The molecule has 3 atom stereocenters. The van der Waals surface area contributed by atoms with Gasteiger partial charge in [0, 0.05) is 114 Å². The third-order valence-corrected chi connectivity index (χ3v) is 5.36. The van der Waals surface area contributed by atoms with E-state index in [4.69, 9.17) is 25.7 Å². The molecule has 2 heterocycles. The van der Waals surface area contributed by atoms with Crippen LogP contribution in [-0.2, 0) is 9.47 Å². The van der Waals surface area contributed by atoms with Crippen molar-refractivity contribution in [2.75, 3.05) is 47.9 Å². The standard InChI is InChI=1S/C22H23F2N5O6.2Ac/c23-16-5-12(29-10-20(26)35-22(29)32)1-3-18(16)27-8-14(30)11-33-19-4-2-13(6-17(19)24)28-9-15(7-25)34-21(28)31;;/h1-6,14-15,20,25-27,30H,7-11H2;;/q-2;;/t14-,15+,20+;;/m1../s1. The normalized spacial score (nSPS) is 19.5. The predicted octanol–water partition coefficient (Wildman–Crippen LogP) is 3.53. The summed E-state index contributed by atoms with van der Waals surface area (Å²) in [7, 11) is 0. The van der Waals surface area contributed by atoms with Crippen molar-refractivity contribution in [3.05, 3.63) is 59.5 Å². The van der Waals surface area contributed by atoms with Gasteiger partial charge in [-0.2, -0.15) is 0 Å². The largest absolute Gasteiger partial charge is 0.674 e. The van der Waals surface area contributed by atoms with E-state index in [1.165, 1.54) is 29.2 Å². The molecule has 2 fully saturated rings. The second-order valence-corrected chi connectivity index (χ2v) is 7.93. The molecular formula is C22H23Ac2F2N5O6-2. The molecule has 0 unspecified atom stereocenters. The minimum Gasteiger partial charge on any atom is -0.674 e. The van der Waals surface area contributed by atoms with E-state index in [9.17, 15) is 23.5 Å². The van der Waals surface area contributed by atoms with Crippen LogP contribution in [0.3, 0.4) is 0 Å². The van der Waals surface area contributed by atoms with Gasteiger partial charge in [-0.3, -0.25) is 9.80 Å². The zero-order chi connectivity index (χ0) is 25.1. The van der Waals surface area contributed by atoms with Gasteiger partial charge in [0.05, 0.1) is 23.6 Å². The van der Waals surface area contributed by atoms with Gasteiger partial charge < -0.3 is 36.1 Å². The summed E-state index contributed by atoms with van der Waals surface area (Å²) < 4.78 is 43.9. The number of amides is 2. The molecule has 4 N–H and O–H groups in total. The molecular weight excluding hydrogens is 922 g/mol. The van der Waals surface area contributed by atoms with Crippen molar-refractivity contribution in [2.24, 2.45) is 0 Å². The molecule has 0 bridgehead atoms. The first kappa shape index (κ1) is 32.4. The van der Waals surface area contributed by atoms with Gasteiger partial charge in [-0.15, -0.1) is 6.54 Å². The van der Waals surface area contributed by atoms with Crippen LogP contribution >= 0.6 is 0 Å². The van der Waals surface area contributed by atoms with Crippen LogP contribution in [0.2, 0.25) is 0 Å². The zero-order valence-electron chi connectivity index (χ0n) is 19.5. The summed E-state index contributed by atoms with van der Waals surface area (Å²) in [5.41, 5.74) is 15.3. The Morgan fingerprint density at radius 3 is 2.22 bits per heavy atom. The molecule has 2 aromatic rings. The van der Waals surface area contributed by atoms with Gasteiger partial charge in [-0.25, -0.2) is 18.4 Å². The first-order valence-electron chi connectivity index (χ1n) is 10.7. The number of hydrogen-bond donors (Lipinski definition) is 2. The van der Waals surface area contributed by atoms with Gasteiger partial charge in [-0.05, 0) is 30.3 Å². The summed E-state index contributed by atoms with van der Waals surface area (Å²) in [4.78, 5) is 25.9. The van der Waals surface area contributed by atoms with E-state index < -0.39 is 42.3 Å². The summed E-state index contributed by atoms with van der Waals surface area (Å²) in [5.74, 6) is -1.56. The van der Waals surface area contributed by atoms with E-state index in [2.05, 4.69) is 5.32 Å². The number of ether oxygens (including phenoxy) is 3. The van der Waals surface area contributed by atoms with Crippen molar-refractivity contribution in [1.82, 2.24) is 0 Å². The van der Waals surface area contributed by atoms with Gasteiger partial charge >= 0.3 is 12.2 Å². The minimum atomic E-state index is -1.11. The minimum absolute atomic E-state index is 0. The summed E-state index contributed by atoms with van der Waals surface area (Å²) in [6.07, 6.45) is -4.10. The van der Waals surface area contributed by atoms with Crippen molar-refractivity contribution in [1.29, 1.82) is 0 Å². The maximum absolute atomic E-state index is 14.4. The van der Waals surface area contributed by atoms with E-state index >= 15 is 0 Å². The molecule has 2 amide bonds. The van der Waals surface area contributed by atoms with Crippen molar-refractivity contribution >= 4 is 29.2 Å². The van der Waals surface area contributed by atoms with Gasteiger partial charge in [-0.1, -0.05) is 0 Å². The molecule has 0 saturated carbocycles. The fourth-order valence-electron chi connectivity index (χ4n) is 3.58. The van der Waals surface area contributed by atoms with Crippen LogP contribution in [0.1, 0.15) is 0 Å². The van der Waals surface area contributed by atoms with Crippen LogP contribution in [0.4, 0.5) is 35.4 Å². The number of carbonyl (C=O) groups is 2. The van der Waals surface area contributed by atoms with Crippen LogP contribution in [0.25, 0.3) is 11.5 Å². The van der Waals surface area contributed by atoms with Crippen molar-refractivity contribution in [3.63, 3.8) is 0 Å². The van der Waals surface area contributed by atoms with Gasteiger partial charge in [0.25, 0.3) is 0 Å². The molecule has 11 nitrogen and oxygen atoms in total. The number of benzene rings is 2. The Balaban J connectivity index is 0.00000241. The van der Waals surface area contributed by atoms with Crippen LogP contribution in [0.15, 0.2) is 36.4 Å². The number of cyclic esters (lactones) is 2. The zero-order valence-corrected chi connectivity index (χ0v) is 29.0. The van der Waals surface area contributed by atoms with Crippen molar-refractivity contribution in [2.45, 2.75) is 18.4 Å². The second kappa shape index (κ2) is 14.5. The number of nitrogens with one attached hydrogen (secondary N) is 3. The predicted molar refractivity (Wildman–Crippen MR) is 122 cm³/mol. The topological polar surface area (TPSA) is 148 Å². The number of rotatable bonds is 9.